The predicted molar refractivity (Wildman–Crippen MR) is 133 cm³/mol. The second-order valence-electron chi connectivity index (χ2n) is 8.18. The number of carbonyl (C=O) groups excluding carboxylic acids is 3. The van der Waals surface area contributed by atoms with Crippen molar-refractivity contribution in [1.29, 1.82) is 0 Å². The molecule has 0 fully saturated rings. The summed E-state index contributed by atoms with van der Waals surface area (Å²) in [6, 6.07) is 14.5. The first-order valence-corrected chi connectivity index (χ1v) is 12.1. The normalized spacial score (nSPS) is 12.7. The van der Waals surface area contributed by atoms with Gasteiger partial charge in [0.15, 0.2) is 6.61 Å². The number of aryl methyl sites for hydroxylation is 1. The van der Waals surface area contributed by atoms with E-state index in [0.29, 0.717) is 27.5 Å². The summed E-state index contributed by atoms with van der Waals surface area (Å²) in [5.74, 6) is -1.11. The molecular weight excluding hydrogens is 466 g/mol. The van der Waals surface area contributed by atoms with Gasteiger partial charge < -0.3 is 19.8 Å². The van der Waals surface area contributed by atoms with E-state index >= 15 is 0 Å². The van der Waals surface area contributed by atoms with Crippen LogP contribution in [-0.2, 0) is 27.1 Å². The van der Waals surface area contributed by atoms with Gasteiger partial charge in [0.2, 0.25) is 0 Å². The SMILES string of the molecule is COC(=O)c1c(NC(=O)COC(=O)c2ccccc2-c2nc3ccccc3[nH]2)sc2c1CCCC2. The number of ether oxygens (including phenoxy) is 2. The van der Waals surface area contributed by atoms with Crippen molar-refractivity contribution in [2.75, 3.05) is 19.0 Å². The quantitative estimate of drug-likeness (QED) is 0.378. The number of H-pyrrole nitrogens is 1. The molecule has 35 heavy (non-hydrogen) atoms. The van der Waals surface area contributed by atoms with E-state index < -0.39 is 24.5 Å². The average Bonchev–Trinajstić information content (AvgIpc) is 3.48. The summed E-state index contributed by atoms with van der Waals surface area (Å²) in [4.78, 5) is 46.8. The van der Waals surface area contributed by atoms with Crippen molar-refractivity contribution in [2.45, 2.75) is 25.7 Å². The number of thiophene rings is 1. The minimum atomic E-state index is -0.644. The van der Waals surface area contributed by atoms with Crippen LogP contribution >= 0.6 is 11.3 Å². The van der Waals surface area contributed by atoms with Crippen molar-refractivity contribution in [3.8, 4) is 11.4 Å². The zero-order valence-electron chi connectivity index (χ0n) is 19.1. The van der Waals surface area contributed by atoms with E-state index in [9.17, 15) is 14.4 Å². The van der Waals surface area contributed by atoms with Crippen molar-refractivity contribution in [3.63, 3.8) is 0 Å². The van der Waals surface area contributed by atoms with Gasteiger partial charge in [-0.3, -0.25) is 4.79 Å². The summed E-state index contributed by atoms with van der Waals surface area (Å²) in [5, 5.41) is 3.17. The summed E-state index contributed by atoms with van der Waals surface area (Å²) in [7, 11) is 1.32. The molecule has 0 unspecified atom stereocenters. The lowest BCUT2D eigenvalue weighted by Crippen LogP contribution is -2.22. The molecule has 8 nitrogen and oxygen atoms in total. The molecule has 1 amide bonds. The van der Waals surface area contributed by atoms with Gasteiger partial charge in [0, 0.05) is 10.4 Å². The number of aromatic nitrogens is 2. The number of imidazole rings is 1. The first kappa shape index (κ1) is 22.8. The van der Waals surface area contributed by atoms with Crippen LogP contribution in [0.3, 0.4) is 0 Å². The largest absolute Gasteiger partial charge is 0.465 e. The van der Waals surface area contributed by atoms with Crippen LogP contribution in [0.2, 0.25) is 0 Å². The van der Waals surface area contributed by atoms with Crippen molar-refractivity contribution in [2.24, 2.45) is 0 Å². The first-order valence-electron chi connectivity index (χ1n) is 11.3. The average molecular weight is 490 g/mol. The van der Waals surface area contributed by atoms with Crippen LogP contribution in [0.25, 0.3) is 22.4 Å². The summed E-state index contributed by atoms with van der Waals surface area (Å²) < 4.78 is 10.3. The highest BCUT2D eigenvalue weighted by Gasteiger charge is 2.27. The number of aromatic amines is 1. The smallest absolute Gasteiger partial charge is 0.341 e. The molecule has 0 saturated heterocycles. The van der Waals surface area contributed by atoms with Crippen LogP contribution in [0.4, 0.5) is 5.00 Å². The van der Waals surface area contributed by atoms with Crippen LogP contribution in [0.1, 0.15) is 44.0 Å². The van der Waals surface area contributed by atoms with Gasteiger partial charge >= 0.3 is 11.9 Å². The minimum absolute atomic E-state index is 0.293. The van der Waals surface area contributed by atoms with E-state index in [1.165, 1.54) is 18.4 Å². The van der Waals surface area contributed by atoms with Crippen molar-refractivity contribution in [1.82, 2.24) is 9.97 Å². The number of hydrogen-bond donors (Lipinski definition) is 2. The molecule has 1 aliphatic carbocycles. The molecule has 2 N–H and O–H groups in total. The Morgan fingerprint density at radius 2 is 1.80 bits per heavy atom. The second-order valence-corrected chi connectivity index (χ2v) is 9.28. The predicted octanol–water partition coefficient (Wildman–Crippen LogP) is 4.75. The second kappa shape index (κ2) is 9.71. The maximum absolute atomic E-state index is 12.9. The Labute approximate surface area is 205 Å². The third-order valence-corrected chi connectivity index (χ3v) is 7.15. The van der Waals surface area contributed by atoms with Gasteiger partial charge in [-0.25, -0.2) is 14.6 Å². The number of nitrogens with zero attached hydrogens (tertiary/aromatic N) is 1. The molecule has 2 aromatic heterocycles. The van der Waals surface area contributed by atoms with E-state index in [4.69, 9.17) is 9.47 Å². The number of methoxy groups -OCH3 is 1. The summed E-state index contributed by atoms with van der Waals surface area (Å²) in [6.07, 6.45) is 3.68. The molecule has 5 rings (SSSR count). The lowest BCUT2D eigenvalue weighted by molar-refractivity contribution is -0.119. The van der Waals surface area contributed by atoms with Gasteiger partial charge in [-0.15, -0.1) is 11.3 Å². The van der Waals surface area contributed by atoms with Crippen LogP contribution in [0, 0.1) is 0 Å². The van der Waals surface area contributed by atoms with E-state index in [-0.39, 0.29) is 0 Å². The Kier molecular flexibility index (Phi) is 6.33. The van der Waals surface area contributed by atoms with Crippen molar-refractivity contribution in [3.05, 3.63) is 70.1 Å². The standard InChI is InChI=1S/C26H23N3O5S/c1-33-26(32)22-17-10-4-7-13-20(17)35-24(22)29-21(30)14-34-25(31)16-9-3-2-8-15(16)23-27-18-11-5-6-12-19(18)28-23/h2-3,5-6,8-9,11-12H,4,7,10,13-14H2,1H3,(H,27,28)(H,29,30). The summed E-state index contributed by atoms with van der Waals surface area (Å²) >= 11 is 1.38. The molecule has 178 valence electrons. The Hall–Kier alpha value is -3.98. The van der Waals surface area contributed by atoms with E-state index in [1.807, 2.05) is 24.3 Å². The topological polar surface area (TPSA) is 110 Å². The van der Waals surface area contributed by atoms with Crippen molar-refractivity contribution < 1.29 is 23.9 Å². The highest BCUT2D eigenvalue weighted by molar-refractivity contribution is 7.17. The van der Waals surface area contributed by atoms with E-state index in [1.54, 1.807) is 24.3 Å². The first-order chi connectivity index (χ1) is 17.0. The number of carbonyl (C=O) groups is 3. The fourth-order valence-electron chi connectivity index (χ4n) is 4.29. The number of esters is 2. The van der Waals surface area contributed by atoms with Gasteiger partial charge in [0.25, 0.3) is 5.91 Å². The monoisotopic (exact) mass is 489 g/mol. The highest BCUT2D eigenvalue weighted by Crippen LogP contribution is 2.38. The molecule has 1 aliphatic rings. The number of amides is 1. The van der Waals surface area contributed by atoms with Crippen LogP contribution in [-0.4, -0.2) is 41.5 Å². The van der Waals surface area contributed by atoms with Gasteiger partial charge in [0.1, 0.15) is 10.8 Å². The number of para-hydroxylation sites is 2. The van der Waals surface area contributed by atoms with Crippen LogP contribution < -0.4 is 5.32 Å². The number of rotatable bonds is 6. The zero-order chi connectivity index (χ0) is 24.4. The number of hydrogen-bond acceptors (Lipinski definition) is 7. The van der Waals surface area contributed by atoms with E-state index in [2.05, 4.69) is 15.3 Å². The number of nitrogens with one attached hydrogen (secondary N) is 2. The Morgan fingerprint density at radius 3 is 2.63 bits per heavy atom. The fourth-order valence-corrected chi connectivity index (χ4v) is 5.59. The number of benzene rings is 2. The third kappa shape index (κ3) is 4.54. The minimum Gasteiger partial charge on any atom is -0.465 e. The maximum atomic E-state index is 12.9. The molecule has 0 bridgehead atoms. The molecule has 2 heterocycles. The molecule has 0 radical (unpaired) electrons. The van der Waals surface area contributed by atoms with Gasteiger partial charge in [-0.1, -0.05) is 30.3 Å². The van der Waals surface area contributed by atoms with Gasteiger partial charge in [0.05, 0.1) is 29.3 Å². The molecule has 0 spiro atoms. The van der Waals surface area contributed by atoms with Crippen LogP contribution in [0.5, 0.6) is 0 Å². The maximum Gasteiger partial charge on any atom is 0.341 e. The Balaban J connectivity index is 1.31. The molecule has 0 aliphatic heterocycles. The lowest BCUT2D eigenvalue weighted by atomic mass is 9.95. The zero-order valence-corrected chi connectivity index (χ0v) is 19.9. The number of fused-ring (bicyclic) bond motifs is 2. The van der Waals surface area contributed by atoms with Crippen molar-refractivity contribution >= 4 is 45.2 Å². The number of anilines is 1. The Morgan fingerprint density at radius 1 is 1.03 bits per heavy atom. The molecule has 2 aromatic carbocycles. The molecular formula is C26H23N3O5S. The summed E-state index contributed by atoms with van der Waals surface area (Å²) in [5.41, 5.74) is 3.85. The fraction of sp³-hybridized carbons (Fsp3) is 0.231. The molecule has 0 atom stereocenters. The highest BCUT2D eigenvalue weighted by atomic mass is 32.1. The van der Waals surface area contributed by atoms with Gasteiger partial charge in [-0.05, 0) is 49.4 Å². The molecule has 9 heteroatoms. The molecule has 0 saturated carbocycles. The third-order valence-electron chi connectivity index (χ3n) is 5.94. The summed E-state index contributed by atoms with van der Waals surface area (Å²) in [6.45, 7) is -0.490. The van der Waals surface area contributed by atoms with E-state index in [0.717, 1.165) is 47.2 Å². The van der Waals surface area contributed by atoms with Gasteiger partial charge in [-0.2, -0.15) is 0 Å². The van der Waals surface area contributed by atoms with Crippen LogP contribution in [0.15, 0.2) is 48.5 Å². The molecule has 4 aromatic rings. The lowest BCUT2D eigenvalue weighted by Gasteiger charge is -2.12. The Bertz CT molecular complexity index is 1410.